The van der Waals surface area contributed by atoms with Crippen LogP contribution in [0, 0.1) is 5.92 Å². The van der Waals surface area contributed by atoms with Gasteiger partial charge in [-0.05, 0) is 67.9 Å². The molecule has 2 rings (SSSR count). The van der Waals surface area contributed by atoms with Gasteiger partial charge in [0.2, 0.25) is 0 Å². The van der Waals surface area contributed by atoms with Gasteiger partial charge in [0.1, 0.15) is 6.10 Å². The number of allylic oxidation sites excluding steroid dienone is 2. The summed E-state index contributed by atoms with van der Waals surface area (Å²) in [5.74, 6) is 0.217. The molecule has 0 amide bonds. The average Bonchev–Trinajstić information content (AvgIpc) is 2.68. The van der Waals surface area contributed by atoms with Crippen LogP contribution in [0.15, 0.2) is 54.1 Å². The van der Waals surface area contributed by atoms with E-state index in [-0.39, 0.29) is 12.1 Å². The minimum atomic E-state index is -0.694. The zero-order chi connectivity index (χ0) is 21.2. The van der Waals surface area contributed by atoms with Crippen LogP contribution in [0.5, 0.6) is 0 Å². The van der Waals surface area contributed by atoms with E-state index in [1.165, 1.54) is 5.57 Å². The molecule has 0 aromatic heterocycles. The van der Waals surface area contributed by atoms with Crippen LogP contribution >= 0.6 is 0 Å². The zero-order valence-corrected chi connectivity index (χ0v) is 18.6. The molecule has 3 nitrogen and oxygen atoms in total. The summed E-state index contributed by atoms with van der Waals surface area (Å²) in [7, 11) is 1.57. The van der Waals surface area contributed by atoms with Gasteiger partial charge in [-0.25, -0.2) is 4.79 Å². The molecule has 3 atom stereocenters. The first kappa shape index (κ1) is 23.2. The van der Waals surface area contributed by atoms with Gasteiger partial charge in [-0.15, -0.1) is 0 Å². The molecule has 0 saturated carbocycles. The third kappa shape index (κ3) is 7.32. The molecule has 2 aromatic carbocycles. The standard InChI is InChI=1S/C26H36O3/c1-6-10-24(17-20(4)12-9-11-19(2)3)29-26(27)25(28-5)23-16-15-21-13-7-8-14-22(21)18-23/h7-8,11,13-16,18,20,24-25H,6,9-10,12,17H2,1-5H3/t20-,24+,25?/m1/s1. The van der Waals surface area contributed by atoms with Crippen LogP contribution in [0.3, 0.4) is 0 Å². The predicted molar refractivity (Wildman–Crippen MR) is 121 cm³/mol. The van der Waals surface area contributed by atoms with E-state index in [2.05, 4.69) is 39.8 Å². The van der Waals surface area contributed by atoms with Crippen LogP contribution in [0.1, 0.15) is 71.5 Å². The maximum absolute atomic E-state index is 12.9. The molecule has 3 heteroatoms. The van der Waals surface area contributed by atoms with Gasteiger partial charge in [-0.3, -0.25) is 0 Å². The highest BCUT2D eigenvalue weighted by Gasteiger charge is 2.26. The van der Waals surface area contributed by atoms with E-state index in [1.54, 1.807) is 7.11 Å². The molecular formula is C26H36O3. The largest absolute Gasteiger partial charge is 0.460 e. The van der Waals surface area contributed by atoms with Crippen LogP contribution in [0.25, 0.3) is 10.8 Å². The highest BCUT2D eigenvalue weighted by atomic mass is 16.6. The third-order valence-electron chi connectivity index (χ3n) is 5.30. The summed E-state index contributed by atoms with van der Waals surface area (Å²) in [6.07, 6.45) is 6.48. The minimum Gasteiger partial charge on any atom is -0.460 e. The van der Waals surface area contributed by atoms with Crippen molar-refractivity contribution in [3.8, 4) is 0 Å². The summed E-state index contributed by atoms with van der Waals surface area (Å²) >= 11 is 0. The summed E-state index contributed by atoms with van der Waals surface area (Å²) in [5, 5.41) is 2.24. The third-order valence-corrected chi connectivity index (χ3v) is 5.30. The maximum Gasteiger partial charge on any atom is 0.340 e. The second kappa shape index (κ2) is 11.8. The van der Waals surface area contributed by atoms with Crippen molar-refractivity contribution in [3.63, 3.8) is 0 Å². The first-order valence-electron chi connectivity index (χ1n) is 10.8. The van der Waals surface area contributed by atoms with Crippen molar-refractivity contribution in [2.75, 3.05) is 7.11 Å². The molecule has 0 aliphatic rings. The van der Waals surface area contributed by atoms with Gasteiger partial charge in [0, 0.05) is 7.11 Å². The Bertz CT molecular complexity index is 804. The van der Waals surface area contributed by atoms with Crippen molar-refractivity contribution < 1.29 is 14.3 Å². The molecule has 1 unspecified atom stereocenters. The number of methoxy groups -OCH3 is 1. The van der Waals surface area contributed by atoms with Crippen molar-refractivity contribution in [2.24, 2.45) is 5.92 Å². The van der Waals surface area contributed by atoms with E-state index in [9.17, 15) is 4.79 Å². The Morgan fingerprint density at radius 2 is 1.79 bits per heavy atom. The lowest BCUT2D eigenvalue weighted by Gasteiger charge is -2.24. The minimum absolute atomic E-state index is 0.0627. The lowest BCUT2D eigenvalue weighted by Crippen LogP contribution is -2.26. The molecule has 29 heavy (non-hydrogen) atoms. The van der Waals surface area contributed by atoms with E-state index in [1.807, 2.05) is 36.4 Å². The Morgan fingerprint density at radius 1 is 1.07 bits per heavy atom. The molecule has 2 aromatic rings. The number of hydrogen-bond acceptors (Lipinski definition) is 3. The Hall–Kier alpha value is -2.13. The van der Waals surface area contributed by atoms with E-state index >= 15 is 0 Å². The quantitative estimate of drug-likeness (QED) is 0.303. The second-order valence-corrected chi connectivity index (χ2v) is 8.27. The fourth-order valence-electron chi connectivity index (χ4n) is 3.74. The zero-order valence-electron chi connectivity index (χ0n) is 18.6. The molecule has 158 valence electrons. The highest BCUT2D eigenvalue weighted by molar-refractivity contribution is 5.85. The molecular weight excluding hydrogens is 360 g/mol. The molecule has 0 heterocycles. The van der Waals surface area contributed by atoms with Crippen molar-refractivity contribution in [3.05, 3.63) is 59.7 Å². The lowest BCUT2D eigenvalue weighted by atomic mass is 9.95. The van der Waals surface area contributed by atoms with Gasteiger partial charge in [-0.1, -0.05) is 68.3 Å². The van der Waals surface area contributed by atoms with Gasteiger partial charge in [0.15, 0.2) is 6.10 Å². The monoisotopic (exact) mass is 396 g/mol. The lowest BCUT2D eigenvalue weighted by molar-refractivity contribution is -0.162. The van der Waals surface area contributed by atoms with Gasteiger partial charge < -0.3 is 9.47 Å². The summed E-state index contributed by atoms with van der Waals surface area (Å²) < 4.78 is 11.5. The number of carbonyl (C=O) groups is 1. The first-order chi connectivity index (χ1) is 13.9. The van der Waals surface area contributed by atoms with Crippen molar-refractivity contribution in [1.82, 2.24) is 0 Å². The van der Waals surface area contributed by atoms with Crippen molar-refractivity contribution in [2.45, 2.75) is 72.0 Å². The first-order valence-corrected chi connectivity index (χ1v) is 10.8. The fourth-order valence-corrected chi connectivity index (χ4v) is 3.74. The molecule has 0 N–H and O–H groups in total. The summed E-state index contributed by atoms with van der Waals surface area (Å²) in [6, 6.07) is 14.1. The van der Waals surface area contributed by atoms with Crippen LogP contribution in [0.2, 0.25) is 0 Å². The van der Waals surface area contributed by atoms with E-state index in [0.29, 0.717) is 5.92 Å². The van der Waals surface area contributed by atoms with Crippen LogP contribution < -0.4 is 0 Å². The summed E-state index contributed by atoms with van der Waals surface area (Å²) in [4.78, 5) is 12.9. The number of carbonyl (C=O) groups excluding carboxylic acids is 1. The molecule has 0 radical (unpaired) electrons. The molecule has 0 aliphatic heterocycles. The van der Waals surface area contributed by atoms with Crippen LogP contribution in [-0.2, 0) is 14.3 Å². The normalized spacial score (nSPS) is 14.2. The van der Waals surface area contributed by atoms with Gasteiger partial charge >= 0.3 is 5.97 Å². The average molecular weight is 397 g/mol. The van der Waals surface area contributed by atoms with Gasteiger partial charge in [-0.2, -0.15) is 0 Å². The number of ether oxygens (including phenoxy) is 2. The number of hydrogen-bond donors (Lipinski definition) is 0. The second-order valence-electron chi connectivity index (χ2n) is 8.27. The maximum atomic E-state index is 12.9. The Morgan fingerprint density at radius 3 is 2.45 bits per heavy atom. The molecule has 0 saturated heterocycles. The number of fused-ring (bicyclic) bond motifs is 1. The molecule has 0 bridgehead atoms. The van der Waals surface area contributed by atoms with Crippen molar-refractivity contribution in [1.29, 1.82) is 0 Å². The fraction of sp³-hybridized carbons (Fsp3) is 0.500. The van der Waals surface area contributed by atoms with Crippen LogP contribution in [0.4, 0.5) is 0 Å². The van der Waals surface area contributed by atoms with Gasteiger partial charge in [0.05, 0.1) is 0 Å². The predicted octanol–water partition coefficient (Wildman–Crippen LogP) is 7.01. The van der Waals surface area contributed by atoms with Crippen LogP contribution in [-0.4, -0.2) is 19.2 Å². The Kier molecular flexibility index (Phi) is 9.40. The van der Waals surface area contributed by atoms with Crippen molar-refractivity contribution >= 4 is 16.7 Å². The van der Waals surface area contributed by atoms with Gasteiger partial charge in [0.25, 0.3) is 0 Å². The topological polar surface area (TPSA) is 35.5 Å². The van der Waals surface area contributed by atoms with E-state index in [0.717, 1.165) is 48.4 Å². The SMILES string of the molecule is CCC[C@@H](C[C@H](C)CCC=C(C)C)OC(=O)C(OC)c1ccc2ccccc2c1. The molecule has 0 fully saturated rings. The number of benzene rings is 2. The molecule has 0 spiro atoms. The number of rotatable bonds is 11. The highest BCUT2D eigenvalue weighted by Crippen LogP contribution is 2.26. The smallest absolute Gasteiger partial charge is 0.340 e. The van der Waals surface area contributed by atoms with E-state index < -0.39 is 6.10 Å². The Labute approximate surface area is 176 Å². The van der Waals surface area contributed by atoms with E-state index in [4.69, 9.17) is 9.47 Å². The summed E-state index contributed by atoms with van der Waals surface area (Å²) in [5.41, 5.74) is 2.19. The number of esters is 1. The Balaban J connectivity index is 2.04. The molecule has 0 aliphatic carbocycles. The summed E-state index contributed by atoms with van der Waals surface area (Å²) in [6.45, 7) is 8.63.